The van der Waals surface area contributed by atoms with Gasteiger partial charge in [-0.2, -0.15) is 0 Å². The summed E-state index contributed by atoms with van der Waals surface area (Å²) in [6.45, 7) is 0. The van der Waals surface area contributed by atoms with Gasteiger partial charge >= 0.3 is 0 Å². The van der Waals surface area contributed by atoms with Crippen molar-refractivity contribution in [3.05, 3.63) is 30.1 Å². The second-order valence-electron chi connectivity index (χ2n) is 2.73. The third-order valence-corrected chi connectivity index (χ3v) is 2.50. The zero-order valence-electron chi connectivity index (χ0n) is 7.16. The van der Waals surface area contributed by atoms with E-state index in [1.54, 1.807) is 12.1 Å². The molecule has 1 amide bonds. The van der Waals surface area contributed by atoms with Gasteiger partial charge in [-0.25, -0.2) is 9.38 Å². The smallest absolute Gasteiger partial charge is 0.236 e. The van der Waals surface area contributed by atoms with E-state index in [0.29, 0.717) is 16.6 Å². The number of halogens is 1. The first-order valence-electron chi connectivity index (χ1n) is 4.01. The van der Waals surface area contributed by atoms with E-state index in [1.807, 2.05) is 0 Å². The molecule has 0 bridgehead atoms. The maximum Gasteiger partial charge on any atom is 0.236 e. The molecular weight excluding hydrogens is 203 g/mol. The second-order valence-corrected chi connectivity index (χ2v) is 3.70. The lowest BCUT2D eigenvalue weighted by atomic mass is 10.3. The molecule has 1 N–H and O–H groups in total. The molecule has 1 fully saturated rings. The molecule has 2 rings (SSSR count). The quantitative estimate of drug-likeness (QED) is 0.766. The highest BCUT2D eigenvalue weighted by molar-refractivity contribution is 8.15. The van der Waals surface area contributed by atoms with Gasteiger partial charge in [0.15, 0.2) is 5.17 Å². The van der Waals surface area contributed by atoms with E-state index in [-0.39, 0.29) is 11.7 Å². The van der Waals surface area contributed by atoms with Crippen LogP contribution < -0.4 is 5.32 Å². The molecule has 3 nitrogen and oxygen atoms in total. The minimum absolute atomic E-state index is 0.0647. The van der Waals surface area contributed by atoms with Gasteiger partial charge in [-0.1, -0.05) is 17.8 Å². The largest absolute Gasteiger partial charge is 0.304 e. The van der Waals surface area contributed by atoms with Crippen molar-refractivity contribution in [1.82, 2.24) is 5.32 Å². The first-order valence-corrected chi connectivity index (χ1v) is 4.99. The number of carbonyl (C=O) groups is 1. The van der Waals surface area contributed by atoms with E-state index in [9.17, 15) is 9.18 Å². The summed E-state index contributed by atoms with van der Waals surface area (Å²) < 4.78 is 12.8. The monoisotopic (exact) mass is 210 g/mol. The van der Waals surface area contributed by atoms with E-state index in [2.05, 4.69) is 10.3 Å². The number of nitrogens with zero attached hydrogens (tertiary/aromatic N) is 1. The Labute approximate surface area is 84.4 Å². The molecule has 72 valence electrons. The minimum Gasteiger partial charge on any atom is -0.304 e. The van der Waals surface area contributed by atoms with E-state index < -0.39 is 0 Å². The van der Waals surface area contributed by atoms with Crippen LogP contribution in [-0.2, 0) is 4.79 Å². The lowest BCUT2D eigenvalue weighted by Crippen LogP contribution is -2.19. The topological polar surface area (TPSA) is 41.5 Å². The van der Waals surface area contributed by atoms with Gasteiger partial charge in [0.1, 0.15) is 5.82 Å². The molecule has 0 atom stereocenters. The van der Waals surface area contributed by atoms with E-state index >= 15 is 0 Å². The molecule has 14 heavy (non-hydrogen) atoms. The Morgan fingerprint density at radius 1 is 1.50 bits per heavy atom. The first kappa shape index (κ1) is 9.21. The highest BCUT2D eigenvalue weighted by Crippen LogP contribution is 2.17. The van der Waals surface area contributed by atoms with Crippen molar-refractivity contribution in [2.45, 2.75) is 0 Å². The lowest BCUT2D eigenvalue weighted by molar-refractivity contribution is -0.116. The Bertz CT molecular complexity index is 406. The zero-order chi connectivity index (χ0) is 9.97. The second kappa shape index (κ2) is 3.79. The SMILES string of the molecule is O=C1CSC(=Nc2cccc(F)c2)N1. The summed E-state index contributed by atoms with van der Waals surface area (Å²) in [5.41, 5.74) is 0.509. The number of carbonyl (C=O) groups excluding carboxylic acids is 1. The summed E-state index contributed by atoms with van der Waals surface area (Å²) in [6, 6.07) is 5.93. The Kier molecular flexibility index (Phi) is 2.49. The maximum absolute atomic E-state index is 12.8. The van der Waals surface area contributed by atoms with Crippen molar-refractivity contribution in [1.29, 1.82) is 0 Å². The molecule has 1 aromatic rings. The molecular formula is C9H7FN2OS. The van der Waals surface area contributed by atoms with Crippen LogP contribution in [0, 0.1) is 5.82 Å². The van der Waals surface area contributed by atoms with Gasteiger partial charge in [-0.05, 0) is 18.2 Å². The highest BCUT2D eigenvalue weighted by atomic mass is 32.2. The van der Waals surface area contributed by atoms with Crippen molar-refractivity contribution in [2.75, 3.05) is 5.75 Å². The number of nitrogens with one attached hydrogen (secondary N) is 1. The van der Waals surface area contributed by atoms with Crippen LogP contribution in [0.15, 0.2) is 29.3 Å². The van der Waals surface area contributed by atoms with E-state index in [1.165, 1.54) is 23.9 Å². The zero-order valence-corrected chi connectivity index (χ0v) is 7.97. The summed E-state index contributed by atoms with van der Waals surface area (Å²) in [5, 5.41) is 3.10. The molecule has 1 saturated heterocycles. The third kappa shape index (κ3) is 2.11. The fourth-order valence-electron chi connectivity index (χ4n) is 1.05. The summed E-state index contributed by atoms with van der Waals surface area (Å²) in [4.78, 5) is 14.9. The number of rotatable bonds is 1. The number of thioether (sulfide) groups is 1. The molecule has 1 aromatic carbocycles. The Balaban J connectivity index is 2.21. The van der Waals surface area contributed by atoms with Crippen LogP contribution in [0.1, 0.15) is 0 Å². The van der Waals surface area contributed by atoms with Crippen LogP contribution in [0.25, 0.3) is 0 Å². The molecule has 1 aliphatic heterocycles. The van der Waals surface area contributed by atoms with Crippen LogP contribution in [0.3, 0.4) is 0 Å². The summed E-state index contributed by atoms with van der Waals surface area (Å²) in [5.74, 6) is -0.0138. The average Bonchev–Trinajstić information content (AvgIpc) is 2.51. The van der Waals surface area contributed by atoms with Crippen molar-refractivity contribution in [3.63, 3.8) is 0 Å². The van der Waals surface area contributed by atoms with Gasteiger partial charge in [0.25, 0.3) is 0 Å². The van der Waals surface area contributed by atoms with Crippen molar-refractivity contribution in [2.24, 2.45) is 4.99 Å². The Morgan fingerprint density at radius 3 is 3.00 bits per heavy atom. The first-order chi connectivity index (χ1) is 6.74. The molecule has 0 unspecified atom stereocenters. The van der Waals surface area contributed by atoms with Crippen LogP contribution in [0.2, 0.25) is 0 Å². The standard InChI is InChI=1S/C9H7FN2OS/c10-6-2-1-3-7(4-6)11-9-12-8(13)5-14-9/h1-4H,5H2,(H,11,12,13). The van der Waals surface area contributed by atoms with Crippen molar-refractivity contribution >= 4 is 28.5 Å². The van der Waals surface area contributed by atoms with Gasteiger partial charge in [0, 0.05) is 0 Å². The fourth-order valence-corrected chi connectivity index (χ4v) is 1.74. The highest BCUT2D eigenvalue weighted by Gasteiger charge is 2.16. The van der Waals surface area contributed by atoms with Gasteiger partial charge in [0.2, 0.25) is 5.91 Å². The lowest BCUT2D eigenvalue weighted by Gasteiger charge is -1.96. The number of benzene rings is 1. The van der Waals surface area contributed by atoms with Crippen LogP contribution in [0.5, 0.6) is 0 Å². The molecule has 1 heterocycles. The molecule has 0 radical (unpaired) electrons. The van der Waals surface area contributed by atoms with Crippen LogP contribution in [0.4, 0.5) is 10.1 Å². The van der Waals surface area contributed by atoms with Gasteiger partial charge in [0.05, 0.1) is 11.4 Å². The summed E-state index contributed by atoms with van der Waals surface area (Å²) in [7, 11) is 0. The molecule has 0 spiro atoms. The Morgan fingerprint density at radius 2 is 2.36 bits per heavy atom. The van der Waals surface area contributed by atoms with Crippen molar-refractivity contribution < 1.29 is 9.18 Å². The fraction of sp³-hybridized carbons (Fsp3) is 0.111. The van der Waals surface area contributed by atoms with Crippen LogP contribution >= 0.6 is 11.8 Å². The van der Waals surface area contributed by atoms with Gasteiger partial charge < -0.3 is 5.32 Å². The molecule has 0 saturated carbocycles. The minimum atomic E-state index is -0.332. The van der Waals surface area contributed by atoms with Gasteiger partial charge in [-0.15, -0.1) is 0 Å². The normalized spacial score (nSPS) is 18.6. The number of hydrogen-bond acceptors (Lipinski definition) is 3. The molecule has 5 heteroatoms. The van der Waals surface area contributed by atoms with Crippen LogP contribution in [-0.4, -0.2) is 16.8 Å². The third-order valence-electron chi connectivity index (χ3n) is 1.63. The van der Waals surface area contributed by atoms with E-state index in [4.69, 9.17) is 0 Å². The number of aliphatic imine (C=N–C) groups is 1. The average molecular weight is 210 g/mol. The maximum atomic E-state index is 12.8. The molecule has 0 aromatic heterocycles. The number of amides is 1. The number of amidine groups is 1. The van der Waals surface area contributed by atoms with Gasteiger partial charge in [-0.3, -0.25) is 4.79 Å². The molecule has 0 aliphatic carbocycles. The predicted molar refractivity (Wildman–Crippen MR) is 54.1 cm³/mol. The summed E-state index contributed by atoms with van der Waals surface area (Å²) in [6.07, 6.45) is 0. The van der Waals surface area contributed by atoms with E-state index in [0.717, 1.165) is 0 Å². The Hall–Kier alpha value is -1.36. The molecule has 1 aliphatic rings. The van der Waals surface area contributed by atoms with Crippen molar-refractivity contribution in [3.8, 4) is 0 Å². The summed E-state index contributed by atoms with van der Waals surface area (Å²) >= 11 is 1.32. The number of hydrogen-bond donors (Lipinski definition) is 1. The predicted octanol–water partition coefficient (Wildman–Crippen LogP) is 1.68.